The van der Waals surface area contributed by atoms with Gasteiger partial charge in [-0.15, -0.1) is 0 Å². The van der Waals surface area contributed by atoms with E-state index in [-0.39, 0.29) is 5.91 Å². The molecule has 1 amide bonds. The molecule has 3 aromatic carbocycles. The van der Waals surface area contributed by atoms with Crippen molar-refractivity contribution in [3.05, 3.63) is 83.4 Å². The zero-order chi connectivity index (χ0) is 19.9. The standard InChI is InChI=1S/C23H23NO4/c1-26-18-11-9-16(10-12-18)15-20-19(13-14-21(27-2)22(20)28-3)23(25)24-17-7-5-4-6-8-17/h4-14H,15H2,1-3H3,(H,24,25). The number of rotatable bonds is 7. The van der Waals surface area contributed by atoms with Crippen LogP contribution < -0.4 is 19.5 Å². The van der Waals surface area contributed by atoms with E-state index >= 15 is 0 Å². The predicted molar refractivity (Wildman–Crippen MR) is 110 cm³/mol. The molecule has 0 saturated heterocycles. The van der Waals surface area contributed by atoms with Crippen LogP contribution in [0, 0.1) is 0 Å². The first-order valence-electron chi connectivity index (χ1n) is 8.89. The van der Waals surface area contributed by atoms with Crippen LogP contribution in [0.3, 0.4) is 0 Å². The maximum Gasteiger partial charge on any atom is 0.256 e. The van der Waals surface area contributed by atoms with Gasteiger partial charge in [-0.1, -0.05) is 30.3 Å². The van der Waals surface area contributed by atoms with Gasteiger partial charge in [-0.25, -0.2) is 0 Å². The third-order valence-corrected chi connectivity index (χ3v) is 4.46. The number of carbonyl (C=O) groups is 1. The van der Waals surface area contributed by atoms with Crippen LogP contribution in [-0.2, 0) is 6.42 Å². The molecule has 0 unspecified atom stereocenters. The van der Waals surface area contributed by atoms with Crippen LogP contribution in [0.5, 0.6) is 17.2 Å². The van der Waals surface area contributed by atoms with E-state index in [1.807, 2.05) is 54.6 Å². The molecule has 0 aliphatic carbocycles. The van der Waals surface area contributed by atoms with Gasteiger partial charge in [0.1, 0.15) is 5.75 Å². The Morgan fingerprint density at radius 2 is 1.54 bits per heavy atom. The Kier molecular flexibility index (Phi) is 6.17. The number of carbonyl (C=O) groups excluding carboxylic acids is 1. The highest BCUT2D eigenvalue weighted by Gasteiger charge is 2.20. The molecule has 3 aromatic rings. The minimum absolute atomic E-state index is 0.198. The molecule has 0 saturated carbocycles. The number of methoxy groups -OCH3 is 3. The fourth-order valence-corrected chi connectivity index (χ4v) is 3.05. The number of ether oxygens (including phenoxy) is 3. The lowest BCUT2D eigenvalue weighted by atomic mass is 9.97. The first-order chi connectivity index (χ1) is 13.7. The van der Waals surface area contributed by atoms with Crippen LogP contribution in [0.15, 0.2) is 66.7 Å². The van der Waals surface area contributed by atoms with E-state index < -0.39 is 0 Å². The van der Waals surface area contributed by atoms with Gasteiger partial charge in [-0.05, 0) is 42.0 Å². The molecule has 3 rings (SSSR count). The van der Waals surface area contributed by atoms with Crippen LogP contribution >= 0.6 is 0 Å². The Hall–Kier alpha value is -3.47. The molecule has 0 atom stereocenters. The lowest BCUT2D eigenvalue weighted by molar-refractivity contribution is 0.102. The molecular weight excluding hydrogens is 354 g/mol. The molecule has 0 heterocycles. The van der Waals surface area contributed by atoms with Crippen LogP contribution in [0.2, 0.25) is 0 Å². The van der Waals surface area contributed by atoms with Gasteiger partial charge in [0.25, 0.3) is 5.91 Å². The van der Waals surface area contributed by atoms with E-state index in [1.54, 1.807) is 33.5 Å². The highest BCUT2D eigenvalue weighted by molar-refractivity contribution is 6.06. The van der Waals surface area contributed by atoms with E-state index in [2.05, 4.69) is 5.32 Å². The van der Waals surface area contributed by atoms with Gasteiger partial charge in [0, 0.05) is 23.2 Å². The first kappa shape index (κ1) is 19.3. The van der Waals surface area contributed by atoms with Gasteiger partial charge in [0.15, 0.2) is 11.5 Å². The summed E-state index contributed by atoms with van der Waals surface area (Å²) in [4.78, 5) is 13.0. The monoisotopic (exact) mass is 377 g/mol. The number of para-hydroxylation sites is 1. The molecule has 0 aliphatic rings. The van der Waals surface area contributed by atoms with Crippen LogP contribution in [0.1, 0.15) is 21.5 Å². The summed E-state index contributed by atoms with van der Waals surface area (Å²) in [5.41, 5.74) is 3.07. The highest BCUT2D eigenvalue weighted by atomic mass is 16.5. The van der Waals surface area contributed by atoms with Crippen molar-refractivity contribution in [2.45, 2.75) is 6.42 Å². The molecular formula is C23H23NO4. The smallest absolute Gasteiger partial charge is 0.256 e. The van der Waals surface area contributed by atoms with Gasteiger partial charge in [0.2, 0.25) is 0 Å². The summed E-state index contributed by atoms with van der Waals surface area (Å²) < 4.78 is 16.2. The minimum atomic E-state index is -0.198. The number of hydrogen-bond donors (Lipinski definition) is 1. The van der Waals surface area contributed by atoms with Crippen molar-refractivity contribution in [2.75, 3.05) is 26.6 Å². The summed E-state index contributed by atoms with van der Waals surface area (Å²) in [7, 11) is 4.79. The lowest BCUT2D eigenvalue weighted by Gasteiger charge is -2.17. The maximum absolute atomic E-state index is 13.0. The second kappa shape index (κ2) is 8.95. The fourth-order valence-electron chi connectivity index (χ4n) is 3.05. The number of nitrogens with one attached hydrogen (secondary N) is 1. The summed E-state index contributed by atoms with van der Waals surface area (Å²) in [5, 5.41) is 2.94. The Bertz CT molecular complexity index is 937. The second-order valence-electron chi connectivity index (χ2n) is 6.17. The first-order valence-corrected chi connectivity index (χ1v) is 8.89. The third-order valence-electron chi connectivity index (χ3n) is 4.46. The van der Waals surface area contributed by atoms with E-state index in [1.165, 1.54) is 0 Å². The van der Waals surface area contributed by atoms with Gasteiger partial charge in [-0.3, -0.25) is 4.79 Å². The van der Waals surface area contributed by atoms with Crippen molar-refractivity contribution in [3.63, 3.8) is 0 Å². The number of amides is 1. The number of benzene rings is 3. The molecule has 1 N–H and O–H groups in total. The van der Waals surface area contributed by atoms with E-state index in [0.717, 1.165) is 22.6 Å². The third kappa shape index (κ3) is 4.26. The molecule has 0 aliphatic heterocycles. The van der Waals surface area contributed by atoms with E-state index in [0.29, 0.717) is 23.5 Å². The number of anilines is 1. The Morgan fingerprint density at radius 3 is 2.14 bits per heavy atom. The normalized spacial score (nSPS) is 10.2. The molecule has 5 nitrogen and oxygen atoms in total. The van der Waals surface area contributed by atoms with Gasteiger partial charge in [0.05, 0.1) is 21.3 Å². The summed E-state index contributed by atoms with van der Waals surface area (Å²) in [6, 6.07) is 20.6. The fraction of sp³-hybridized carbons (Fsp3) is 0.174. The van der Waals surface area contributed by atoms with Crippen LogP contribution in [-0.4, -0.2) is 27.2 Å². The second-order valence-corrected chi connectivity index (χ2v) is 6.17. The van der Waals surface area contributed by atoms with Crippen LogP contribution in [0.4, 0.5) is 5.69 Å². The van der Waals surface area contributed by atoms with Gasteiger partial charge in [-0.2, -0.15) is 0 Å². The van der Waals surface area contributed by atoms with Crippen molar-refractivity contribution in [1.29, 1.82) is 0 Å². The Balaban J connectivity index is 1.99. The molecule has 0 spiro atoms. The molecule has 5 heteroatoms. The summed E-state index contributed by atoms with van der Waals surface area (Å²) in [5.74, 6) is 1.72. The molecule has 0 radical (unpaired) electrons. The largest absolute Gasteiger partial charge is 0.497 e. The van der Waals surface area contributed by atoms with Crippen molar-refractivity contribution < 1.29 is 19.0 Å². The van der Waals surface area contributed by atoms with Crippen molar-refractivity contribution in [1.82, 2.24) is 0 Å². The number of hydrogen-bond acceptors (Lipinski definition) is 4. The molecule has 28 heavy (non-hydrogen) atoms. The highest BCUT2D eigenvalue weighted by Crippen LogP contribution is 2.35. The Morgan fingerprint density at radius 1 is 0.821 bits per heavy atom. The van der Waals surface area contributed by atoms with E-state index in [9.17, 15) is 4.79 Å². The molecule has 0 fully saturated rings. The summed E-state index contributed by atoms with van der Waals surface area (Å²) in [6.45, 7) is 0. The molecule has 0 aromatic heterocycles. The summed E-state index contributed by atoms with van der Waals surface area (Å²) >= 11 is 0. The molecule has 0 bridgehead atoms. The lowest BCUT2D eigenvalue weighted by Crippen LogP contribution is -2.15. The average Bonchev–Trinajstić information content (AvgIpc) is 2.74. The SMILES string of the molecule is COc1ccc(Cc2c(C(=O)Nc3ccccc3)ccc(OC)c2OC)cc1. The maximum atomic E-state index is 13.0. The van der Waals surface area contributed by atoms with Gasteiger partial charge >= 0.3 is 0 Å². The summed E-state index contributed by atoms with van der Waals surface area (Å²) in [6.07, 6.45) is 0.516. The average molecular weight is 377 g/mol. The van der Waals surface area contributed by atoms with Crippen LogP contribution in [0.25, 0.3) is 0 Å². The predicted octanol–water partition coefficient (Wildman–Crippen LogP) is 4.56. The Labute approximate surface area is 164 Å². The molecule has 144 valence electrons. The zero-order valence-electron chi connectivity index (χ0n) is 16.2. The van der Waals surface area contributed by atoms with Crippen molar-refractivity contribution in [2.24, 2.45) is 0 Å². The topological polar surface area (TPSA) is 56.8 Å². The minimum Gasteiger partial charge on any atom is -0.497 e. The van der Waals surface area contributed by atoms with Crippen molar-refractivity contribution in [3.8, 4) is 17.2 Å². The van der Waals surface area contributed by atoms with Crippen molar-refractivity contribution >= 4 is 11.6 Å². The quantitative estimate of drug-likeness (QED) is 0.656. The zero-order valence-corrected chi connectivity index (χ0v) is 16.2. The van der Waals surface area contributed by atoms with E-state index in [4.69, 9.17) is 14.2 Å². The van der Waals surface area contributed by atoms with Gasteiger partial charge < -0.3 is 19.5 Å².